The van der Waals surface area contributed by atoms with E-state index in [0.29, 0.717) is 12.0 Å². The Bertz CT molecular complexity index is 860. The van der Waals surface area contributed by atoms with E-state index in [2.05, 4.69) is 25.9 Å². The number of hydrogen-bond donors (Lipinski definition) is 3. The molecule has 0 unspecified atom stereocenters. The predicted molar refractivity (Wildman–Crippen MR) is 103 cm³/mol. The van der Waals surface area contributed by atoms with Gasteiger partial charge in [-0.3, -0.25) is 9.59 Å². The highest BCUT2D eigenvalue weighted by atomic mass is 35.5. The van der Waals surface area contributed by atoms with Gasteiger partial charge in [-0.1, -0.05) is 17.7 Å². The standard InChI is InChI=1S/C18H19ClF3N5O2/c1-11-2-3-14(25-9-11)27-16(29)5-6-23-15(28)4-7-24-17-13(19)8-12(10-26-17)18(20,21)22/h2-3,8-10H,4-7H2,1H3,(H,23,28)(H,24,26)(H,25,27,29). The van der Waals surface area contributed by atoms with Crippen molar-refractivity contribution in [1.82, 2.24) is 15.3 Å². The molecule has 0 aliphatic carbocycles. The largest absolute Gasteiger partial charge is 0.417 e. The summed E-state index contributed by atoms with van der Waals surface area (Å²) >= 11 is 5.77. The molecule has 0 fully saturated rings. The van der Waals surface area contributed by atoms with Gasteiger partial charge in [-0.2, -0.15) is 13.2 Å². The van der Waals surface area contributed by atoms with Gasteiger partial charge in [-0.25, -0.2) is 9.97 Å². The number of anilines is 2. The van der Waals surface area contributed by atoms with E-state index in [1.165, 1.54) is 0 Å². The highest BCUT2D eigenvalue weighted by Gasteiger charge is 2.31. The monoisotopic (exact) mass is 429 g/mol. The van der Waals surface area contributed by atoms with E-state index in [-0.39, 0.29) is 48.6 Å². The molecule has 0 radical (unpaired) electrons. The SMILES string of the molecule is Cc1ccc(NC(=O)CCNC(=O)CCNc2ncc(C(F)(F)F)cc2Cl)nc1. The Kier molecular flexibility index (Phi) is 7.77. The molecule has 0 saturated carbocycles. The van der Waals surface area contributed by atoms with Gasteiger partial charge in [-0.05, 0) is 24.6 Å². The number of carbonyl (C=O) groups excluding carboxylic acids is 2. The fourth-order valence-electron chi connectivity index (χ4n) is 2.17. The molecule has 2 amide bonds. The first kappa shape index (κ1) is 22.4. The summed E-state index contributed by atoms with van der Waals surface area (Å²) in [5.41, 5.74) is 0.0153. The first-order valence-corrected chi connectivity index (χ1v) is 8.99. The second kappa shape index (κ2) is 10.1. The quantitative estimate of drug-likeness (QED) is 0.597. The minimum atomic E-state index is -4.53. The van der Waals surface area contributed by atoms with Gasteiger partial charge in [0.2, 0.25) is 11.8 Å². The van der Waals surface area contributed by atoms with Gasteiger partial charge in [0.1, 0.15) is 11.6 Å². The highest BCUT2D eigenvalue weighted by molar-refractivity contribution is 6.32. The number of halogens is 4. The third-order valence-corrected chi connectivity index (χ3v) is 3.95. The van der Waals surface area contributed by atoms with Crippen LogP contribution in [0.15, 0.2) is 30.6 Å². The van der Waals surface area contributed by atoms with Crippen molar-refractivity contribution >= 4 is 35.1 Å². The summed E-state index contributed by atoms with van der Waals surface area (Å²) in [5, 5.41) is 7.70. The number of rotatable bonds is 8. The summed E-state index contributed by atoms with van der Waals surface area (Å²) in [4.78, 5) is 31.2. The predicted octanol–water partition coefficient (Wildman–Crippen LogP) is 3.40. The second-order valence-electron chi connectivity index (χ2n) is 6.10. The maximum absolute atomic E-state index is 12.6. The van der Waals surface area contributed by atoms with Crippen LogP contribution in [0.5, 0.6) is 0 Å². The lowest BCUT2D eigenvalue weighted by Crippen LogP contribution is -2.29. The number of nitrogens with zero attached hydrogens (tertiary/aromatic N) is 2. The smallest absolute Gasteiger partial charge is 0.368 e. The molecule has 2 aromatic rings. The van der Waals surface area contributed by atoms with E-state index in [4.69, 9.17) is 11.6 Å². The zero-order valence-electron chi connectivity index (χ0n) is 15.4. The number of nitrogens with one attached hydrogen (secondary N) is 3. The topological polar surface area (TPSA) is 96.0 Å². The van der Waals surface area contributed by atoms with Gasteiger partial charge < -0.3 is 16.0 Å². The number of alkyl halides is 3. The van der Waals surface area contributed by atoms with Crippen molar-refractivity contribution in [3.8, 4) is 0 Å². The van der Waals surface area contributed by atoms with Gasteiger partial charge in [0.25, 0.3) is 0 Å². The third-order valence-electron chi connectivity index (χ3n) is 3.67. The normalized spacial score (nSPS) is 11.1. The van der Waals surface area contributed by atoms with E-state index in [0.717, 1.165) is 11.6 Å². The fraction of sp³-hybridized carbons (Fsp3) is 0.333. The van der Waals surface area contributed by atoms with Crippen molar-refractivity contribution in [2.24, 2.45) is 0 Å². The van der Waals surface area contributed by atoms with Crippen molar-refractivity contribution in [3.05, 3.63) is 46.7 Å². The van der Waals surface area contributed by atoms with E-state index < -0.39 is 11.7 Å². The Morgan fingerprint density at radius 2 is 1.79 bits per heavy atom. The van der Waals surface area contributed by atoms with E-state index in [9.17, 15) is 22.8 Å². The fourth-order valence-corrected chi connectivity index (χ4v) is 2.40. The first-order valence-electron chi connectivity index (χ1n) is 8.61. The summed E-state index contributed by atoms with van der Waals surface area (Å²) in [7, 11) is 0. The van der Waals surface area contributed by atoms with Crippen LogP contribution in [0.4, 0.5) is 24.8 Å². The molecule has 0 atom stereocenters. The molecular weight excluding hydrogens is 411 g/mol. The van der Waals surface area contributed by atoms with Crippen LogP contribution >= 0.6 is 11.6 Å². The number of pyridine rings is 2. The minimum absolute atomic E-state index is 0.0279. The van der Waals surface area contributed by atoms with Gasteiger partial charge in [-0.15, -0.1) is 0 Å². The van der Waals surface area contributed by atoms with Gasteiger partial charge in [0.05, 0.1) is 10.6 Å². The molecule has 156 valence electrons. The number of amides is 2. The Hall–Kier alpha value is -2.88. The van der Waals surface area contributed by atoms with Crippen LogP contribution in [0, 0.1) is 6.92 Å². The van der Waals surface area contributed by atoms with E-state index in [1.54, 1.807) is 12.3 Å². The molecule has 7 nitrogen and oxygen atoms in total. The Balaban J connectivity index is 1.67. The molecule has 29 heavy (non-hydrogen) atoms. The average Bonchev–Trinajstić information content (AvgIpc) is 2.64. The molecule has 2 heterocycles. The lowest BCUT2D eigenvalue weighted by atomic mass is 10.2. The lowest BCUT2D eigenvalue weighted by Gasteiger charge is -2.11. The van der Waals surface area contributed by atoms with Crippen molar-refractivity contribution in [3.63, 3.8) is 0 Å². The molecule has 0 spiro atoms. The van der Waals surface area contributed by atoms with Crippen LogP contribution in [0.1, 0.15) is 24.0 Å². The molecule has 0 saturated heterocycles. The van der Waals surface area contributed by atoms with Crippen LogP contribution in [-0.4, -0.2) is 34.9 Å². The molecule has 11 heteroatoms. The summed E-state index contributed by atoms with van der Waals surface area (Å²) in [6.45, 7) is 2.13. The molecule has 0 aliphatic rings. The number of aryl methyl sites for hydroxylation is 1. The number of hydrogen-bond acceptors (Lipinski definition) is 5. The molecule has 0 aromatic carbocycles. The van der Waals surface area contributed by atoms with Crippen LogP contribution in [-0.2, 0) is 15.8 Å². The molecular formula is C18H19ClF3N5O2. The van der Waals surface area contributed by atoms with Crippen LogP contribution in [0.25, 0.3) is 0 Å². The molecule has 3 N–H and O–H groups in total. The maximum atomic E-state index is 12.6. The molecule has 2 rings (SSSR count). The van der Waals surface area contributed by atoms with Crippen molar-refractivity contribution in [2.45, 2.75) is 25.9 Å². The van der Waals surface area contributed by atoms with Crippen LogP contribution < -0.4 is 16.0 Å². The van der Waals surface area contributed by atoms with Crippen LogP contribution in [0.2, 0.25) is 5.02 Å². The van der Waals surface area contributed by atoms with Crippen molar-refractivity contribution < 1.29 is 22.8 Å². The van der Waals surface area contributed by atoms with Crippen molar-refractivity contribution in [1.29, 1.82) is 0 Å². The Morgan fingerprint density at radius 3 is 2.41 bits per heavy atom. The Labute approximate surface area is 170 Å². The number of carbonyl (C=O) groups is 2. The molecule has 0 bridgehead atoms. The van der Waals surface area contributed by atoms with E-state index in [1.807, 2.05) is 13.0 Å². The minimum Gasteiger partial charge on any atom is -0.368 e. The van der Waals surface area contributed by atoms with E-state index >= 15 is 0 Å². The lowest BCUT2D eigenvalue weighted by molar-refractivity contribution is -0.137. The summed E-state index contributed by atoms with van der Waals surface area (Å²) in [6, 6.07) is 4.26. The Morgan fingerprint density at radius 1 is 1.07 bits per heavy atom. The molecule has 0 aliphatic heterocycles. The van der Waals surface area contributed by atoms with Gasteiger partial charge in [0, 0.05) is 38.3 Å². The summed E-state index contributed by atoms with van der Waals surface area (Å²) in [6.07, 6.45) is -2.14. The average molecular weight is 430 g/mol. The zero-order valence-corrected chi connectivity index (χ0v) is 16.2. The summed E-state index contributed by atoms with van der Waals surface area (Å²) < 4.78 is 37.7. The number of aromatic nitrogens is 2. The van der Waals surface area contributed by atoms with Gasteiger partial charge >= 0.3 is 6.18 Å². The van der Waals surface area contributed by atoms with Crippen LogP contribution in [0.3, 0.4) is 0 Å². The zero-order chi connectivity index (χ0) is 21.4. The van der Waals surface area contributed by atoms with Gasteiger partial charge in [0.15, 0.2) is 0 Å². The first-order chi connectivity index (χ1) is 13.6. The maximum Gasteiger partial charge on any atom is 0.417 e. The summed E-state index contributed by atoms with van der Waals surface area (Å²) in [5.74, 6) is -0.142. The second-order valence-corrected chi connectivity index (χ2v) is 6.51. The third kappa shape index (κ3) is 7.57. The highest BCUT2D eigenvalue weighted by Crippen LogP contribution is 2.32. The molecule has 2 aromatic heterocycles. The van der Waals surface area contributed by atoms with Crippen molar-refractivity contribution in [2.75, 3.05) is 23.7 Å².